The maximum Gasteiger partial charge on any atom is 0.260 e. The molecular formula is C10H8FN3OS. The van der Waals surface area contributed by atoms with Crippen molar-refractivity contribution in [3.8, 4) is 0 Å². The van der Waals surface area contributed by atoms with E-state index in [1.54, 1.807) is 6.07 Å². The summed E-state index contributed by atoms with van der Waals surface area (Å²) < 4.78 is 18.0. The summed E-state index contributed by atoms with van der Waals surface area (Å²) in [5.74, 6) is -0.615. The Morgan fingerprint density at radius 2 is 2.31 bits per heavy atom. The van der Waals surface area contributed by atoms with E-state index in [1.165, 1.54) is 36.4 Å². The molecule has 0 fully saturated rings. The molecule has 0 aliphatic rings. The van der Waals surface area contributed by atoms with E-state index in [2.05, 4.69) is 4.98 Å². The number of hydrogen-bond acceptors (Lipinski definition) is 4. The van der Waals surface area contributed by atoms with Crippen LogP contribution in [-0.2, 0) is 0 Å². The van der Waals surface area contributed by atoms with E-state index in [1.807, 2.05) is 0 Å². The quantitative estimate of drug-likeness (QED) is 0.634. The number of halogens is 1. The smallest absolute Gasteiger partial charge is 0.260 e. The van der Waals surface area contributed by atoms with Gasteiger partial charge in [-0.1, -0.05) is 0 Å². The molecule has 1 aromatic carbocycles. The first-order chi connectivity index (χ1) is 7.66. The van der Waals surface area contributed by atoms with Crippen LogP contribution in [0.15, 0.2) is 45.2 Å². The number of benzene rings is 1. The van der Waals surface area contributed by atoms with Crippen LogP contribution >= 0.6 is 11.8 Å². The number of rotatable bonds is 3. The molecule has 1 aromatic heterocycles. The van der Waals surface area contributed by atoms with Gasteiger partial charge in [-0.05, 0) is 30.0 Å². The summed E-state index contributed by atoms with van der Waals surface area (Å²) in [5.41, 5.74) is 5.70. The molecule has 0 radical (unpaired) electrons. The fraction of sp³-hybridized carbons (Fsp3) is 0. The second kappa shape index (κ2) is 4.36. The van der Waals surface area contributed by atoms with E-state index >= 15 is 0 Å². The van der Waals surface area contributed by atoms with E-state index in [0.717, 1.165) is 0 Å². The van der Waals surface area contributed by atoms with Gasteiger partial charge in [0.05, 0.1) is 6.20 Å². The third kappa shape index (κ3) is 2.22. The Hall–Kier alpha value is -1.82. The second-order valence-corrected chi connectivity index (χ2v) is 3.95. The lowest BCUT2D eigenvalue weighted by molar-refractivity contribution is 0.454. The average Bonchev–Trinajstić information content (AvgIpc) is 2.73. The molecule has 0 aliphatic carbocycles. The van der Waals surface area contributed by atoms with E-state index in [-0.39, 0.29) is 5.84 Å². The molecule has 0 bridgehead atoms. The number of nitrogens with one attached hydrogen (secondary N) is 1. The fourth-order valence-corrected chi connectivity index (χ4v) is 1.98. The highest BCUT2D eigenvalue weighted by molar-refractivity contribution is 7.99. The third-order valence-electron chi connectivity index (χ3n) is 1.84. The maximum absolute atomic E-state index is 13.0. The van der Waals surface area contributed by atoms with Crippen molar-refractivity contribution in [2.75, 3.05) is 0 Å². The number of hydrogen-bond donors (Lipinski definition) is 2. The first-order valence-corrected chi connectivity index (χ1v) is 5.20. The number of nitrogen functional groups attached to an aromatic ring is 1. The highest BCUT2D eigenvalue weighted by Crippen LogP contribution is 2.29. The lowest BCUT2D eigenvalue weighted by atomic mass is 10.2. The fourth-order valence-electron chi connectivity index (χ4n) is 1.16. The molecule has 0 amide bonds. The summed E-state index contributed by atoms with van der Waals surface area (Å²) in [5, 5.41) is 7.77. The van der Waals surface area contributed by atoms with Crippen LogP contribution in [0.4, 0.5) is 4.39 Å². The first kappa shape index (κ1) is 10.7. The molecule has 0 spiro atoms. The number of nitrogens with two attached hydrogens (primary N) is 1. The number of oxazole rings is 1. The topological polar surface area (TPSA) is 75.9 Å². The van der Waals surface area contributed by atoms with Crippen molar-refractivity contribution >= 4 is 17.6 Å². The van der Waals surface area contributed by atoms with Gasteiger partial charge < -0.3 is 10.2 Å². The molecule has 2 rings (SSSR count). The van der Waals surface area contributed by atoms with Gasteiger partial charge in [-0.2, -0.15) is 0 Å². The van der Waals surface area contributed by atoms with Crippen LogP contribution in [-0.4, -0.2) is 10.8 Å². The lowest BCUT2D eigenvalue weighted by Crippen LogP contribution is -2.12. The minimum atomic E-state index is -0.429. The molecule has 2 aromatic rings. The van der Waals surface area contributed by atoms with Crippen molar-refractivity contribution in [2.24, 2.45) is 5.73 Å². The summed E-state index contributed by atoms with van der Waals surface area (Å²) in [4.78, 5) is 4.56. The third-order valence-corrected chi connectivity index (χ3v) is 2.79. The Balaban J connectivity index is 2.36. The van der Waals surface area contributed by atoms with Gasteiger partial charge in [0.2, 0.25) is 0 Å². The molecule has 0 aliphatic heterocycles. The zero-order valence-electron chi connectivity index (χ0n) is 8.11. The average molecular weight is 237 g/mol. The van der Waals surface area contributed by atoms with Crippen molar-refractivity contribution in [1.29, 1.82) is 5.41 Å². The minimum absolute atomic E-state index is 0.187. The van der Waals surface area contributed by atoms with Crippen LogP contribution in [0.5, 0.6) is 0 Å². The van der Waals surface area contributed by atoms with E-state index in [0.29, 0.717) is 15.7 Å². The van der Waals surface area contributed by atoms with Crippen LogP contribution in [0, 0.1) is 11.2 Å². The van der Waals surface area contributed by atoms with Gasteiger partial charge in [0, 0.05) is 10.5 Å². The Morgan fingerprint density at radius 1 is 1.50 bits per heavy atom. The van der Waals surface area contributed by atoms with Crippen LogP contribution in [0.2, 0.25) is 0 Å². The predicted octanol–water partition coefficient (Wildman–Crippen LogP) is 2.25. The molecule has 0 saturated carbocycles. The number of nitrogens with zero attached hydrogens (tertiary/aromatic N) is 1. The molecule has 4 nitrogen and oxygen atoms in total. The van der Waals surface area contributed by atoms with E-state index < -0.39 is 5.82 Å². The predicted molar refractivity (Wildman–Crippen MR) is 58.0 cm³/mol. The molecule has 16 heavy (non-hydrogen) atoms. The summed E-state index contributed by atoms with van der Waals surface area (Å²) in [6, 6.07) is 4.06. The molecule has 0 saturated heterocycles. The van der Waals surface area contributed by atoms with Crippen molar-refractivity contribution in [3.05, 3.63) is 42.0 Å². The Labute approximate surface area is 95.2 Å². The summed E-state index contributed by atoms with van der Waals surface area (Å²) in [6.45, 7) is 0. The summed E-state index contributed by atoms with van der Waals surface area (Å²) in [6.07, 6.45) is 2.96. The first-order valence-electron chi connectivity index (χ1n) is 4.38. The van der Waals surface area contributed by atoms with Crippen molar-refractivity contribution in [2.45, 2.75) is 10.1 Å². The Morgan fingerprint density at radius 3 is 2.94 bits per heavy atom. The minimum Gasteiger partial charge on any atom is -0.440 e. The highest BCUT2D eigenvalue weighted by Gasteiger charge is 2.10. The molecule has 0 unspecified atom stereocenters. The standard InChI is InChI=1S/C10H8FN3OS/c11-6-1-2-8(7(5-6)9(12)13)16-10-14-3-4-15-10/h1-5H,(H3,12,13). The lowest BCUT2D eigenvalue weighted by Gasteiger charge is -2.05. The van der Waals surface area contributed by atoms with Gasteiger partial charge in [-0.15, -0.1) is 0 Å². The summed E-state index contributed by atoms with van der Waals surface area (Å²) in [7, 11) is 0. The van der Waals surface area contributed by atoms with Gasteiger partial charge in [-0.25, -0.2) is 9.37 Å². The maximum atomic E-state index is 13.0. The molecule has 0 atom stereocenters. The number of aromatic nitrogens is 1. The second-order valence-electron chi connectivity index (χ2n) is 2.95. The largest absolute Gasteiger partial charge is 0.440 e. The molecular weight excluding hydrogens is 229 g/mol. The molecule has 3 N–H and O–H groups in total. The van der Waals surface area contributed by atoms with Crippen molar-refractivity contribution < 1.29 is 8.81 Å². The van der Waals surface area contributed by atoms with Crippen molar-refractivity contribution in [3.63, 3.8) is 0 Å². The molecule has 82 valence electrons. The van der Waals surface area contributed by atoms with Gasteiger partial charge in [-0.3, -0.25) is 5.41 Å². The van der Waals surface area contributed by atoms with Crippen LogP contribution < -0.4 is 5.73 Å². The Kier molecular flexibility index (Phi) is 2.91. The van der Waals surface area contributed by atoms with E-state index in [9.17, 15) is 4.39 Å². The van der Waals surface area contributed by atoms with Crippen LogP contribution in [0.3, 0.4) is 0 Å². The Bertz CT molecular complexity index is 513. The van der Waals surface area contributed by atoms with Crippen molar-refractivity contribution in [1.82, 2.24) is 4.98 Å². The zero-order chi connectivity index (χ0) is 11.5. The summed E-state index contributed by atoms with van der Waals surface area (Å²) >= 11 is 1.19. The van der Waals surface area contributed by atoms with Gasteiger partial charge in [0.25, 0.3) is 5.22 Å². The molecule has 6 heteroatoms. The monoisotopic (exact) mass is 237 g/mol. The van der Waals surface area contributed by atoms with Crippen LogP contribution in [0.1, 0.15) is 5.56 Å². The zero-order valence-corrected chi connectivity index (χ0v) is 8.92. The van der Waals surface area contributed by atoms with Crippen LogP contribution in [0.25, 0.3) is 0 Å². The SMILES string of the molecule is N=C(N)c1cc(F)ccc1Sc1ncco1. The van der Waals surface area contributed by atoms with Gasteiger partial charge in [0.15, 0.2) is 0 Å². The number of amidine groups is 1. The highest BCUT2D eigenvalue weighted by atomic mass is 32.2. The van der Waals surface area contributed by atoms with E-state index in [4.69, 9.17) is 15.6 Å². The molecule has 1 heterocycles. The van der Waals surface area contributed by atoms with Gasteiger partial charge in [0.1, 0.15) is 17.9 Å². The van der Waals surface area contributed by atoms with Gasteiger partial charge >= 0.3 is 0 Å². The normalized spacial score (nSPS) is 10.3.